The Morgan fingerprint density at radius 3 is 1.01 bits per heavy atom. The van der Waals surface area contributed by atoms with Crippen LogP contribution in [0.4, 0.5) is 0 Å². The third-order valence-corrected chi connectivity index (χ3v) is 9.95. The van der Waals surface area contributed by atoms with Crippen molar-refractivity contribution < 1.29 is 62.4 Å². The molecule has 0 spiro atoms. The zero-order valence-corrected chi connectivity index (χ0v) is 37.9. The van der Waals surface area contributed by atoms with Crippen LogP contribution in [0.1, 0.15) is 42.0 Å². The average molecular weight is 925 g/mol. The van der Waals surface area contributed by atoms with Gasteiger partial charge in [-0.15, -0.1) is 0 Å². The summed E-state index contributed by atoms with van der Waals surface area (Å²) in [7, 11) is 0. The number of carbonyl (C=O) groups excluding carboxylic acids is 7. The van der Waals surface area contributed by atoms with Gasteiger partial charge < -0.3 is 38.6 Å². The summed E-state index contributed by atoms with van der Waals surface area (Å²) >= 11 is 0. The maximum Gasteiger partial charge on any atom is 0.325 e. The number of hydrogen-bond acceptors (Lipinski definition) is 15. The Morgan fingerprint density at radius 2 is 0.716 bits per heavy atom. The Kier molecular flexibility index (Phi) is 23.8. The van der Waals surface area contributed by atoms with Crippen LogP contribution in [0, 0.1) is 0 Å². The molecule has 67 heavy (non-hydrogen) atoms. The van der Waals surface area contributed by atoms with Crippen LogP contribution in [0.2, 0.25) is 0 Å². The maximum atomic E-state index is 14.1. The normalized spacial score (nSPS) is 10.8. The minimum absolute atomic E-state index is 0.0175. The molecule has 0 heterocycles. The molecule has 1 N–H and O–H groups in total. The molecule has 0 aromatic heterocycles. The van der Waals surface area contributed by atoms with Crippen LogP contribution in [0.15, 0.2) is 121 Å². The highest BCUT2D eigenvalue weighted by Gasteiger charge is 2.27. The van der Waals surface area contributed by atoms with Crippen LogP contribution in [0.3, 0.4) is 0 Å². The van der Waals surface area contributed by atoms with Crippen molar-refractivity contribution in [2.24, 2.45) is 0 Å². The van der Waals surface area contributed by atoms with E-state index in [0.29, 0.717) is 6.42 Å². The number of rotatable bonds is 30. The van der Waals surface area contributed by atoms with Gasteiger partial charge in [-0.3, -0.25) is 43.4 Å². The number of hydrogen-bond donors (Lipinski definition) is 1. The molecule has 0 atom stereocenters. The number of esters is 5. The van der Waals surface area contributed by atoms with E-state index in [0.717, 1.165) is 32.1 Å². The van der Waals surface area contributed by atoms with Crippen LogP contribution < -0.4 is 0 Å². The van der Waals surface area contributed by atoms with Crippen molar-refractivity contribution in [1.82, 2.24) is 19.6 Å². The molecule has 17 nitrogen and oxygen atoms in total. The van der Waals surface area contributed by atoms with Gasteiger partial charge in [0, 0.05) is 32.6 Å². The maximum absolute atomic E-state index is 14.1. The molecule has 0 aliphatic rings. The summed E-state index contributed by atoms with van der Waals surface area (Å²) in [6.45, 7) is -1.74. The van der Waals surface area contributed by atoms with Crippen LogP contribution in [-0.2, 0) is 83.7 Å². The number of aliphatic hydroxyl groups excluding tert-OH is 1. The van der Waals surface area contributed by atoms with Gasteiger partial charge in [0.25, 0.3) is 0 Å². The summed E-state index contributed by atoms with van der Waals surface area (Å²) in [4.78, 5) is 97.8. The molecule has 0 aliphatic carbocycles. The quantitative estimate of drug-likeness (QED) is 0.0588. The smallest absolute Gasteiger partial charge is 0.325 e. The van der Waals surface area contributed by atoms with Crippen molar-refractivity contribution in [2.75, 3.05) is 78.7 Å². The molecule has 0 unspecified atom stereocenters. The Morgan fingerprint density at radius 1 is 0.403 bits per heavy atom. The zero-order chi connectivity index (χ0) is 48.1. The van der Waals surface area contributed by atoms with Crippen LogP contribution in [0.5, 0.6) is 0 Å². The second-order valence-corrected chi connectivity index (χ2v) is 15.3. The molecule has 0 radical (unpaired) electrons. The predicted molar refractivity (Wildman–Crippen MR) is 244 cm³/mol. The van der Waals surface area contributed by atoms with E-state index >= 15 is 0 Å². The summed E-state index contributed by atoms with van der Waals surface area (Å²) in [5.74, 6) is -4.78. The lowest BCUT2D eigenvalue weighted by atomic mass is 10.2. The summed E-state index contributed by atoms with van der Waals surface area (Å²) in [5, 5.41) is 10.0. The standard InChI is InChI=1S/C50H60N4O13/c1-2-15-46(58)63-29-27-52(31-45(57)54(34-49(61)66-38-42-20-11-5-12-21-42)35-50(62)67-39-43-22-13-6-14-23-43)25-24-51(26-28-55)30-44(56)53(32-47(59)64-36-40-16-7-3-8-17-40)33-48(60)65-37-41-18-9-4-10-19-41/h3-14,16-23,55H,2,15,24-39H2,1H3. The lowest BCUT2D eigenvalue weighted by molar-refractivity contribution is -0.156. The molecule has 2 amide bonds. The van der Waals surface area contributed by atoms with E-state index in [-0.39, 0.29) is 85.3 Å². The van der Waals surface area contributed by atoms with Gasteiger partial charge in [0.2, 0.25) is 11.8 Å². The molecule has 358 valence electrons. The Hall–Kier alpha value is -6.95. The monoisotopic (exact) mass is 924 g/mol. The van der Waals surface area contributed by atoms with Crippen molar-refractivity contribution in [3.05, 3.63) is 144 Å². The second-order valence-electron chi connectivity index (χ2n) is 15.3. The van der Waals surface area contributed by atoms with Gasteiger partial charge in [-0.25, -0.2) is 0 Å². The third kappa shape index (κ3) is 21.7. The third-order valence-electron chi connectivity index (χ3n) is 9.95. The number of carbonyl (C=O) groups is 7. The summed E-state index contributed by atoms with van der Waals surface area (Å²) in [6, 6.07) is 35.8. The number of amides is 2. The number of nitrogens with zero attached hydrogens (tertiary/aromatic N) is 4. The van der Waals surface area contributed by atoms with Gasteiger partial charge in [0.05, 0.1) is 19.7 Å². The first kappa shape index (κ1) is 52.7. The highest BCUT2D eigenvalue weighted by atomic mass is 16.6. The lowest BCUT2D eigenvalue weighted by Gasteiger charge is -2.30. The van der Waals surface area contributed by atoms with Crippen LogP contribution >= 0.6 is 0 Å². The van der Waals surface area contributed by atoms with E-state index in [9.17, 15) is 38.7 Å². The topological polar surface area (TPSA) is 199 Å². The molecule has 17 heteroatoms. The predicted octanol–water partition coefficient (Wildman–Crippen LogP) is 3.56. The first-order valence-corrected chi connectivity index (χ1v) is 22.1. The van der Waals surface area contributed by atoms with Gasteiger partial charge in [-0.05, 0) is 28.7 Å². The highest BCUT2D eigenvalue weighted by Crippen LogP contribution is 2.08. The van der Waals surface area contributed by atoms with Crippen molar-refractivity contribution in [1.29, 1.82) is 0 Å². The SMILES string of the molecule is CCCC(=O)OCCN(CCN(CCO)CC(=O)N(CC(=O)OCc1ccccc1)CC(=O)OCc1ccccc1)CC(=O)N(CC(=O)OCc1ccccc1)CC(=O)OCc1ccccc1. The van der Waals surface area contributed by atoms with Crippen molar-refractivity contribution in [2.45, 2.75) is 46.2 Å². The summed E-state index contributed by atoms with van der Waals surface area (Å²) in [5.41, 5.74) is 2.89. The molecule has 4 aromatic rings. The molecule has 0 saturated carbocycles. The minimum Gasteiger partial charge on any atom is -0.464 e. The van der Waals surface area contributed by atoms with E-state index in [2.05, 4.69) is 0 Å². The van der Waals surface area contributed by atoms with Gasteiger partial charge >= 0.3 is 29.8 Å². The fourth-order valence-electron chi connectivity index (χ4n) is 6.33. The Labute approximate surface area is 391 Å². The van der Waals surface area contributed by atoms with E-state index in [1.165, 1.54) is 0 Å². The molecule has 0 aliphatic heterocycles. The van der Waals surface area contributed by atoms with Crippen LogP contribution in [-0.4, -0.2) is 145 Å². The fourth-order valence-corrected chi connectivity index (χ4v) is 6.33. The second kappa shape index (κ2) is 30.3. The number of ether oxygens (including phenoxy) is 5. The van der Waals surface area contributed by atoms with Gasteiger partial charge in [0.1, 0.15) is 59.2 Å². The van der Waals surface area contributed by atoms with Crippen molar-refractivity contribution in [3.63, 3.8) is 0 Å². The van der Waals surface area contributed by atoms with E-state index in [1.54, 1.807) is 107 Å². The van der Waals surface area contributed by atoms with Gasteiger partial charge in [-0.2, -0.15) is 0 Å². The van der Waals surface area contributed by atoms with E-state index in [1.807, 2.05) is 31.2 Å². The first-order chi connectivity index (χ1) is 32.5. The first-order valence-electron chi connectivity index (χ1n) is 22.1. The zero-order valence-electron chi connectivity index (χ0n) is 37.9. The number of benzene rings is 4. The minimum atomic E-state index is -0.766. The Bertz CT molecular complexity index is 2010. The van der Waals surface area contributed by atoms with Gasteiger partial charge in [0.15, 0.2) is 0 Å². The number of aliphatic hydroxyl groups is 1. The summed E-state index contributed by atoms with van der Waals surface area (Å²) in [6.07, 6.45) is 0.749. The Balaban J connectivity index is 1.47. The van der Waals surface area contributed by atoms with Crippen molar-refractivity contribution >= 4 is 41.7 Å². The summed E-state index contributed by atoms with van der Waals surface area (Å²) < 4.78 is 27.1. The molecule has 4 aromatic carbocycles. The van der Waals surface area contributed by atoms with Crippen molar-refractivity contribution in [3.8, 4) is 0 Å². The lowest BCUT2D eigenvalue weighted by Crippen LogP contribution is -2.49. The van der Waals surface area contributed by atoms with E-state index < -0.39 is 67.8 Å². The van der Waals surface area contributed by atoms with Gasteiger partial charge in [-0.1, -0.05) is 128 Å². The molecular weight excluding hydrogens is 865 g/mol. The van der Waals surface area contributed by atoms with Crippen LogP contribution in [0.25, 0.3) is 0 Å². The average Bonchev–Trinajstić information content (AvgIpc) is 3.34. The molecule has 0 fully saturated rings. The molecule has 0 saturated heterocycles. The largest absolute Gasteiger partial charge is 0.464 e. The highest BCUT2D eigenvalue weighted by molar-refractivity contribution is 5.88. The molecule has 0 bridgehead atoms. The van der Waals surface area contributed by atoms with E-state index in [4.69, 9.17) is 23.7 Å². The fraction of sp³-hybridized carbons (Fsp3) is 0.380. The molecular formula is C50H60N4O13. The molecule has 4 rings (SSSR count).